The summed E-state index contributed by atoms with van der Waals surface area (Å²) in [6.45, 7) is 1.10. The Morgan fingerprint density at radius 3 is 2.96 bits per heavy atom. The molecule has 0 radical (unpaired) electrons. The molecule has 1 aliphatic carbocycles. The first-order chi connectivity index (χ1) is 11.7. The topological polar surface area (TPSA) is 55.6 Å². The van der Waals surface area contributed by atoms with Crippen molar-refractivity contribution in [1.29, 1.82) is 0 Å². The molecule has 2 fully saturated rings. The molecule has 0 spiro atoms. The van der Waals surface area contributed by atoms with Gasteiger partial charge in [0.25, 0.3) is 5.91 Å². The Bertz CT molecular complexity index is 743. The number of nitrogens with zero attached hydrogens (tertiary/aromatic N) is 2. The lowest BCUT2D eigenvalue weighted by Crippen LogP contribution is -2.54. The van der Waals surface area contributed by atoms with Crippen LogP contribution in [0.4, 0.5) is 4.39 Å². The summed E-state index contributed by atoms with van der Waals surface area (Å²) in [5, 5.41) is 3.87. The minimum Gasteiger partial charge on any atom is -0.374 e. The molecule has 1 aliphatic heterocycles. The van der Waals surface area contributed by atoms with Crippen molar-refractivity contribution in [1.82, 2.24) is 10.1 Å². The molecular weight excluding hydrogens is 311 g/mol. The number of carbonyl (C=O) groups is 1. The van der Waals surface area contributed by atoms with Crippen molar-refractivity contribution < 1.29 is 18.4 Å². The lowest BCUT2D eigenvalue weighted by molar-refractivity contribution is -0.0755. The normalized spacial score (nSPS) is 23.8. The fraction of sp³-hybridized carbons (Fsp3) is 0.444. The monoisotopic (exact) mass is 330 g/mol. The third-order valence-corrected chi connectivity index (χ3v) is 4.86. The number of fused-ring (bicyclic) bond motifs is 1. The molecule has 4 rings (SSSR count). The molecule has 2 atom stereocenters. The number of rotatable bonds is 2. The first-order valence-corrected chi connectivity index (χ1v) is 8.38. The van der Waals surface area contributed by atoms with Gasteiger partial charge in [0.2, 0.25) is 0 Å². The molecule has 2 heterocycles. The van der Waals surface area contributed by atoms with E-state index in [4.69, 9.17) is 9.26 Å². The molecule has 1 amide bonds. The molecular formula is C18H19FN2O3. The maximum atomic E-state index is 13.9. The van der Waals surface area contributed by atoms with Crippen LogP contribution in [-0.2, 0) is 4.74 Å². The third kappa shape index (κ3) is 2.71. The van der Waals surface area contributed by atoms with E-state index in [1.165, 1.54) is 12.1 Å². The van der Waals surface area contributed by atoms with E-state index >= 15 is 0 Å². The average molecular weight is 330 g/mol. The zero-order chi connectivity index (χ0) is 16.5. The second kappa shape index (κ2) is 6.36. The lowest BCUT2D eigenvalue weighted by Gasteiger charge is -2.43. The van der Waals surface area contributed by atoms with Crippen LogP contribution in [0.5, 0.6) is 0 Å². The summed E-state index contributed by atoms with van der Waals surface area (Å²) in [6.07, 6.45) is 4.31. The maximum absolute atomic E-state index is 13.9. The van der Waals surface area contributed by atoms with Gasteiger partial charge in [-0.2, -0.15) is 0 Å². The smallest absolute Gasteiger partial charge is 0.276 e. The van der Waals surface area contributed by atoms with Crippen molar-refractivity contribution in [3.8, 4) is 11.3 Å². The van der Waals surface area contributed by atoms with Gasteiger partial charge >= 0.3 is 0 Å². The van der Waals surface area contributed by atoms with Crippen LogP contribution in [0.2, 0.25) is 0 Å². The van der Waals surface area contributed by atoms with Gasteiger partial charge < -0.3 is 14.2 Å². The molecule has 0 unspecified atom stereocenters. The molecule has 2 aliphatic rings. The highest BCUT2D eigenvalue weighted by molar-refractivity contribution is 5.93. The van der Waals surface area contributed by atoms with Crippen molar-refractivity contribution in [2.24, 2.45) is 0 Å². The van der Waals surface area contributed by atoms with Gasteiger partial charge in [-0.3, -0.25) is 4.79 Å². The summed E-state index contributed by atoms with van der Waals surface area (Å²) < 4.78 is 24.9. The van der Waals surface area contributed by atoms with E-state index in [1.54, 1.807) is 18.2 Å². The Hall–Kier alpha value is -2.21. The molecule has 1 aromatic heterocycles. The van der Waals surface area contributed by atoms with Crippen LogP contribution in [0.1, 0.15) is 36.2 Å². The minimum atomic E-state index is -0.397. The quantitative estimate of drug-likeness (QED) is 0.848. The van der Waals surface area contributed by atoms with Crippen LogP contribution >= 0.6 is 0 Å². The number of amides is 1. The molecule has 126 valence electrons. The number of ether oxygens (including phenoxy) is 1. The standard InChI is InChI=1S/C18H19FN2O3/c19-13-6-2-1-5-12(13)17-11-14(20-24-17)18(22)21-9-10-23-16-8-4-3-7-15(16)21/h1-2,5-6,11,15-16H,3-4,7-10H2/t15-,16+/m1/s1. The molecule has 5 nitrogen and oxygen atoms in total. The molecule has 6 heteroatoms. The number of halogens is 1. The van der Waals surface area contributed by atoms with E-state index in [1.807, 2.05) is 4.90 Å². The van der Waals surface area contributed by atoms with Crippen LogP contribution in [0, 0.1) is 5.82 Å². The highest BCUT2D eigenvalue weighted by Crippen LogP contribution is 2.30. The molecule has 1 saturated carbocycles. The average Bonchev–Trinajstić information content (AvgIpc) is 3.11. The van der Waals surface area contributed by atoms with Crippen molar-refractivity contribution in [3.63, 3.8) is 0 Å². The second-order valence-electron chi connectivity index (χ2n) is 6.32. The second-order valence-corrected chi connectivity index (χ2v) is 6.32. The zero-order valence-corrected chi connectivity index (χ0v) is 13.3. The van der Waals surface area contributed by atoms with Crippen molar-refractivity contribution in [2.45, 2.75) is 37.8 Å². The molecule has 0 bridgehead atoms. The number of benzene rings is 1. The number of aromatic nitrogens is 1. The Labute approximate surface area is 139 Å². The SMILES string of the molecule is O=C(c1cc(-c2ccccc2F)on1)N1CCO[C@H]2CCCC[C@H]21. The molecule has 0 N–H and O–H groups in total. The third-order valence-electron chi connectivity index (χ3n) is 4.86. The van der Waals surface area contributed by atoms with Crippen molar-refractivity contribution in [2.75, 3.05) is 13.2 Å². The van der Waals surface area contributed by atoms with Gasteiger partial charge in [-0.1, -0.05) is 30.1 Å². The van der Waals surface area contributed by atoms with Crippen LogP contribution in [0.3, 0.4) is 0 Å². The van der Waals surface area contributed by atoms with Crippen LogP contribution < -0.4 is 0 Å². The summed E-state index contributed by atoms with van der Waals surface area (Å²) >= 11 is 0. The number of hydrogen-bond donors (Lipinski definition) is 0. The number of hydrogen-bond acceptors (Lipinski definition) is 4. The predicted molar refractivity (Wildman–Crippen MR) is 84.9 cm³/mol. The van der Waals surface area contributed by atoms with E-state index in [0.29, 0.717) is 18.7 Å². The first-order valence-electron chi connectivity index (χ1n) is 8.38. The van der Waals surface area contributed by atoms with Gasteiger partial charge in [-0.05, 0) is 25.0 Å². The fourth-order valence-electron chi connectivity index (χ4n) is 3.66. The predicted octanol–water partition coefficient (Wildman–Crippen LogP) is 3.26. The summed E-state index contributed by atoms with van der Waals surface area (Å²) in [5.74, 6) is -0.294. The molecule has 2 aromatic rings. The molecule has 1 aromatic carbocycles. The van der Waals surface area contributed by atoms with E-state index < -0.39 is 5.82 Å². The Kier molecular flexibility index (Phi) is 4.06. The summed E-state index contributed by atoms with van der Waals surface area (Å²) in [7, 11) is 0. The molecule has 1 saturated heterocycles. The summed E-state index contributed by atoms with van der Waals surface area (Å²) in [6, 6.07) is 7.92. The van der Waals surface area contributed by atoms with E-state index in [9.17, 15) is 9.18 Å². The van der Waals surface area contributed by atoms with Gasteiger partial charge in [0.05, 0.1) is 24.3 Å². The highest BCUT2D eigenvalue weighted by Gasteiger charge is 2.37. The lowest BCUT2D eigenvalue weighted by atomic mass is 9.90. The minimum absolute atomic E-state index is 0.105. The Morgan fingerprint density at radius 1 is 1.25 bits per heavy atom. The summed E-state index contributed by atoms with van der Waals surface area (Å²) in [5.41, 5.74) is 0.529. The number of morpholine rings is 1. The van der Waals surface area contributed by atoms with E-state index in [2.05, 4.69) is 5.16 Å². The van der Waals surface area contributed by atoms with E-state index in [0.717, 1.165) is 25.7 Å². The van der Waals surface area contributed by atoms with Crippen molar-refractivity contribution in [3.05, 3.63) is 41.8 Å². The number of carbonyl (C=O) groups excluding carboxylic acids is 1. The summed E-state index contributed by atoms with van der Waals surface area (Å²) in [4.78, 5) is 14.7. The highest BCUT2D eigenvalue weighted by atomic mass is 19.1. The fourth-order valence-corrected chi connectivity index (χ4v) is 3.66. The zero-order valence-electron chi connectivity index (χ0n) is 13.3. The van der Waals surface area contributed by atoms with Crippen molar-refractivity contribution >= 4 is 5.91 Å². The van der Waals surface area contributed by atoms with Gasteiger partial charge in [-0.15, -0.1) is 0 Å². The maximum Gasteiger partial charge on any atom is 0.276 e. The van der Waals surface area contributed by atoms with Gasteiger partial charge in [-0.25, -0.2) is 4.39 Å². The van der Waals surface area contributed by atoms with Crippen LogP contribution in [0.25, 0.3) is 11.3 Å². The van der Waals surface area contributed by atoms with Gasteiger partial charge in [0, 0.05) is 12.6 Å². The molecule has 24 heavy (non-hydrogen) atoms. The van der Waals surface area contributed by atoms with Gasteiger partial charge in [0.15, 0.2) is 11.5 Å². The first kappa shape index (κ1) is 15.3. The Morgan fingerprint density at radius 2 is 2.08 bits per heavy atom. The van der Waals surface area contributed by atoms with E-state index in [-0.39, 0.29) is 29.5 Å². The van der Waals surface area contributed by atoms with Crippen LogP contribution in [0.15, 0.2) is 34.9 Å². The van der Waals surface area contributed by atoms with Gasteiger partial charge in [0.1, 0.15) is 5.82 Å². The Balaban J connectivity index is 1.58. The largest absolute Gasteiger partial charge is 0.374 e. The van der Waals surface area contributed by atoms with Crippen LogP contribution in [-0.4, -0.2) is 41.3 Å².